The summed E-state index contributed by atoms with van der Waals surface area (Å²) in [7, 11) is 0. The third-order valence-corrected chi connectivity index (χ3v) is 2.66. The highest BCUT2D eigenvalue weighted by Crippen LogP contribution is 2.31. The van der Waals surface area contributed by atoms with Crippen LogP contribution < -0.4 is 5.32 Å². The number of hydrogen-bond acceptors (Lipinski definition) is 1. The molecule has 0 saturated carbocycles. The van der Waals surface area contributed by atoms with E-state index >= 15 is 0 Å². The minimum absolute atomic E-state index is 0.107. The largest absolute Gasteiger partial charge is 0.416 e. The summed E-state index contributed by atoms with van der Waals surface area (Å²) >= 11 is 0. The second-order valence-electron chi connectivity index (χ2n) is 4.15. The molecule has 100 valence electrons. The van der Waals surface area contributed by atoms with Gasteiger partial charge in [-0.05, 0) is 37.1 Å². The average molecular weight is 257 g/mol. The van der Waals surface area contributed by atoms with E-state index in [1.54, 1.807) is 12.1 Å². The molecular formula is C14H18F3N. The maximum Gasteiger partial charge on any atom is 0.416 e. The van der Waals surface area contributed by atoms with Gasteiger partial charge in [0, 0.05) is 6.04 Å². The number of halogens is 3. The van der Waals surface area contributed by atoms with E-state index in [0.717, 1.165) is 19.0 Å². The van der Waals surface area contributed by atoms with Crippen molar-refractivity contribution in [2.24, 2.45) is 0 Å². The molecule has 0 amide bonds. The van der Waals surface area contributed by atoms with Crippen molar-refractivity contribution in [3.05, 3.63) is 48.0 Å². The summed E-state index contributed by atoms with van der Waals surface area (Å²) < 4.78 is 37.9. The Morgan fingerprint density at radius 3 is 2.67 bits per heavy atom. The van der Waals surface area contributed by atoms with Crippen LogP contribution in [-0.4, -0.2) is 6.54 Å². The van der Waals surface area contributed by atoms with Gasteiger partial charge >= 0.3 is 6.18 Å². The van der Waals surface area contributed by atoms with Crippen LogP contribution in [-0.2, 0) is 6.18 Å². The van der Waals surface area contributed by atoms with Crippen LogP contribution in [0.5, 0.6) is 0 Å². The fraction of sp³-hybridized carbons (Fsp3) is 0.429. The van der Waals surface area contributed by atoms with Crippen LogP contribution >= 0.6 is 0 Å². The van der Waals surface area contributed by atoms with Crippen molar-refractivity contribution in [1.29, 1.82) is 0 Å². The van der Waals surface area contributed by atoms with Gasteiger partial charge in [-0.2, -0.15) is 13.2 Å². The van der Waals surface area contributed by atoms with E-state index in [-0.39, 0.29) is 6.04 Å². The lowest BCUT2D eigenvalue weighted by molar-refractivity contribution is -0.137. The quantitative estimate of drug-likeness (QED) is 0.748. The topological polar surface area (TPSA) is 12.0 Å². The van der Waals surface area contributed by atoms with Gasteiger partial charge in [0.15, 0.2) is 0 Å². The van der Waals surface area contributed by atoms with Gasteiger partial charge in [-0.1, -0.05) is 25.1 Å². The van der Waals surface area contributed by atoms with E-state index < -0.39 is 11.7 Å². The van der Waals surface area contributed by atoms with E-state index in [2.05, 4.69) is 11.9 Å². The number of alkyl halides is 3. The molecule has 0 heterocycles. The van der Waals surface area contributed by atoms with Crippen molar-refractivity contribution >= 4 is 0 Å². The van der Waals surface area contributed by atoms with Crippen molar-refractivity contribution in [3.63, 3.8) is 0 Å². The maximum atomic E-state index is 12.6. The smallest absolute Gasteiger partial charge is 0.310 e. The van der Waals surface area contributed by atoms with Gasteiger partial charge in [-0.3, -0.25) is 0 Å². The molecule has 1 aromatic carbocycles. The van der Waals surface area contributed by atoms with Gasteiger partial charge in [-0.25, -0.2) is 0 Å². The van der Waals surface area contributed by atoms with Crippen molar-refractivity contribution in [3.8, 4) is 0 Å². The van der Waals surface area contributed by atoms with Gasteiger partial charge in [0.1, 0.15) is 0 Å². The standard InChI is InChI=1S/C14H18F3N/c1-3-6-13(18-9-4-2)11-7-5-8-12(10-11)14(15,16)17/h3,5,7-8,10,13,18H,1,4,6,9H2,2H3. The van der Waals surface area contributed by atoms with E-state index in [9.17, 15) is 13.2 Å². The lowest BCUT2D eigenvalue weighted by Gasteiger charge is -2.18. The summed E-state index contributed by atoms with van der Waals surface area (Å²) in [6.07, 6.45) is -1.03. The van der Waals surface area contributed by atoms with Crippen molar-refractivity contribution in [1.82, 2.24) is 5.32 Å². The lowest BCUT2D eigenvalue weighted by atomic mass is 10.0. The molecule has 0 spiro atoms. The molecule has 0 aliphatic carbocycles. The molecule has 0 saturated heterocycles. The predicted octanol–water partition coefficient (Wildman–Crippen LogP) is 4.32. The van der Waals surface area contributed by atoms with Crippen molar-refractivity contribution in [2.45, 2.75) is 32.0 Å². The summed E-state index contributed by atoms with van der Waals surface area (Å²) in [5.74, 6) is 0. The van der Waals surface area contributed by atoms with Gasteiger partial charge in [0.25, 0.3) is 0 Å². The molecule has 0 aromatic heterocycles. The zero-order valence-corrected chi connectivity index (χ0v) is 10.4. The Hall–Kier alpha value is -1.29. The van der Waals surface area contributed by atoms with E-state index in [4.69, 9.17) is 0 Å². The number of hydrogen-bond donors (Lipinski definition) is 1. The molecule has 0 aliphatic rings. The summed E-state index contributed by atoms with van der Waals surface area (Å²) in [5.41, 5.74) is 0.0468. The minimum atomic E-state index is -4.29. The van der Waals surface area contributed by atoms with Crippen LogP contribution in [0.1, 0.15) is 36.9 Å². The monoisotopic (exact) mass is 257 g/mol. The third kappa shape index (κ3) is 4.18. The Labute approximate surface area is 106 Å². The van der Waals surface area contributed by atoms with Crippen LogP contribution in [0, 0.1) is 0 Å². The molecule has 4 heteroatoms. The molecule has 1 rings (SSSR count). The normalized spacial score (nSPS) is 13.3. The lowest BCUT2D eigenvalue weighted by Crippen LogP contribution is -2.22. The number of rotatable bonds is 6. The predicted molar refractivity (Wildman–Crippen MR) is 67.3 cm³/mol. The van der Waals surface area contributed by atoms with Crippen LogP contribution in [0.2, 0.25) is 0 Å². The minimum Gasteiger partial charge on any atom is -0.310 e. The molecule has 18 heavy (non-hydrogen) atoms. The average Bonchev–Trinajstić information content (AvgIpc) is 2.33. The second kappa shape index (κ2) is 6.59. The molecule has 1 N–H and O–H groups in total. The summed E-state index contributed by atoms with van der Waals surface area (Å²) in [6, 6.07) is 5.35. The Morgan fingerprint density at radius 2 is 2.11 bits per heavy atom. The Bertz CT molecular complexity index is 385. The van der Waals surface area contributed by atoms with Crippen LogP contribution in [0.4, 0.5) is 13.2 Å². The number of benzene rings is 1. The van der Waals surface area contributed by atoms with Crippen LogP contribution in [0.25, 0.3) is 0 Å². The molecule has 0 aliphatic heterocycles. The van der Waals surface area contributed by atoms with E-state index in [0.29, 0.717) is 12.0 Å². The maximum absolute atomic E-state index is 12.6. The highest BCUT2D eigenvalue weighted by atomic mass is 19.4. The first-order valence-corrected chi connectivity index (χ1v) is 6.00. The van der Waals surface area contributed by atoms with Crippen molar-refractivity contribution < 1.29 is 13.2 Å². The van der Waals surface area contributed by atoms with E-state index in [1.165, 1.54) is 12.1 Å². The molecule has 1 atom stereocenters. The molecule has 0 fully saturated rings. The third-order valence-electron chi connectivity index (χ3n) is 2.66. The summed E-state index contributed by atoms with van der Waals surface area (Å²) in [5, 5.41) is 3.23. The highest BCUT2D eigenvalue weighted by Gasteiger charge is 2.30. The zero-order chi connectivity index (χ0) is 13.6. The molecular weight excluding hydrogens is 239 g/mol. The Kier molecular flexibility index (Phi) is 5.41. The first kappa shape index (κ1) is 14.8. The van der Waals surface area contributed by atoms with Crippen LogP contribution in [0.15, 0.2) is 36.9 Å². The molecule has 1 aromatic rings. The van der Waals surface area contributed by atoms with Gasteiger partial charge in [-0.15, -0.1) is 6.58 Å². The first-order valence-electron chi connectivity index (χ1n) is 6.00. The van der Waals surface area contributed by atoms with Gasteiger partial charge < -0.3 is 5.32 Å². The first-order chi connectivity index (χ1) is 8.49. The Balaban J connectivity index is 2.93. The van der Waals surface area contributed by atoms with Gasteiger partial charge in [0.2, 0.25) is 0 Å². The molecule has 0 bridgehead atoms. The SMILES string of the molecule is C=CCC(NCCC)c1cccc(C(F)(F)F)c1. The van der Waals surface area contributed by atoms with Crippen molar-refractivity contribution in [2.75, 3.05) is 6.54 Å². The molecule has 0 radical (unpaired) electrons. The Morgan fingerprint density at radius 1 is 1.39 bits per heavy atom. The summed E-state index contributed by atoms with van der Waals surface area (Å²) in [6.45, 7) is 6.43. The second-order valence-corrected chi connectivity index (χ2v) is 4.15. The fourth-order valence-electron chi connectivity index (χ4n) is 1.75. The van der Waals surface area contributed by atoms with E-state index in [1.807, 2.05) is 6.92 Å². The van der Waals surface area contributed by atoms with Gasteiger partial charge in [0.05, 0.1) is 5.56 Å². The van der Waals surface area contributed by atoms with Crippen LogP contribution in [0.3, 0.4) is 0 Å². The highest BCUT2D eigenvalue weighted by molar-refractivity contribution is 5.28. The number of nitrogens with one attached hydrogen (secondary N) is 1. The summed E-state index contributed by atoms with van der Waals surface area (Å²) in [4.78, 5) is 0. The molecule has 1 nitrogen and oxygen atoms in total. The zero-order valence-electron chi connectivity index (χ0n) is 10.4. The fourth-order valence-corrected chi connectivity index (χ4v) is 1.75. The molecule has 1 unspecified atom stereocenters.